The molecule has 0 atom stereocenters. The Morgan fingerprint density at radius 3 is 2.63 bits per heavy atom. The van der Waals surface area contributed by atoms with Crippen LogP contribution in [-0.2, 0) is 14.8 Å². The lowest BCUT2D eigenvalue weighted by molar-refractivity contribution is 0.0599. The number of carbonyl (C=O) groups excluding carboxylic acids is 1. The molecule has 0 amide bonds. The number of nitrogens with zero attached hydrogens (tertiary/aromatic N) is 1. The van der Waals surface area contributed by atoms with Gasteiger partial charge in [0.15, 0.2) is 0 Å². The van der Waals surface area contributed by atoms with Crippen LogP contribution in [0.5, 0.6) is 0 Å². The van der Waals surface area contributed by atoms with Gasteiger partial charge in [0, 0.05) is 6.54 Å². The van der Waals surface area contributed by atoms with Gasteiger partial charge in [0.25, 0.3) is 0 Å². The van der Waals surface area contributed by atoms with Crippen LogP contribution in [0.4, 0.5) is 5.82 Å². The van der Waals surface area contributed by atoms with Crippen LogP contribution in [0.15, 0.2) is 12.1 Å². The van der Waals surface area contributed by atoms with E-state index in [-0.39, 0.29) is 12.3 Å². The van der Waals surface area contributed by atoms with Gasteiger partial charge in [0.1, 0.15) is 5.82 Å². The van der Waals surface area contributed by atoms with E-state index < -0.39 is 16.0 Å². The average molecular weight is 287 g/mol. The van der Waals surface area contributed by atoms with Gasteiger partial charge in [-0.25, -0.2) is 22.9 Å². The van der Waals surface area contributed by atoms with E-state index in [1.165, 1.54) is 14.2 Å². The summed E-state index contributed by atoms with van der Waals surface area (Å²) in [6.07, 6.45) is 0. The molecule has 1 aromatic rings. The molecule has 106 valence electrons. The number of sulfonamides is 1. The maximum Gasteiger partial charge on any atom is 0.339 e. The molecule has 1 rings (SSSR count). The van der Waals surface area contributed by atoms with Crippen molar-refractivity contribution >= 4 is 21.8 Å². The third-order valence-corrected chi connectivity index (χ3v) is 3.84. The van der Waals surface area contributed by atoms with Gasteiger partial charge in [-0.2, -0.15) is 0 Å². The van der Waals surface area contributed by atoms with E-state index >= 15 is 0 Å². The highest BCUT2D eigenvalue weighted by atomic mass is 32.2. The van der Waals surface area contributed by atoms with Crippen molar-refractivity contribution in [2.45, 2.75) is 6.92 Å². The summed E-state index contributed by atoms with van der Waals surface area (Å²) < 4.78 is 29.2. The van der Waals surface area contributed by atoms with E-state index in [2.05, 4.69) is 19.8 Å². The molecule has 19 heavy (non-hydrogen) atoms. The van der Waals surface area contributed by atoms with E-state index in [1.54, 1.807) is 19.1 Å². The summed E-state index contributed by atoms with van der Waals surface area (Å²) in [5.74, 6) is 0.00830. The molecule has 7 nitrogen and oxygen atoms in total. The molecule has 0 aliphatic rings. The predicted molar refractivity (Wildman–Crippen MR) is 71.6 cm³/mol. The second-order valence-corrected chi connectivity index (χ2v) is 5.82. The molecular formula is C11H17N3O4S. The van der Waals surface area contributed by atoms with Crippen LogP contribution in [0.3, 0.4) is 0 Å². The Hall–Kier alpha value is -1.67. The molecule has 0 aromatic carbocycles. The van der Waals surface area contributed by atoms with Crippen molar-refractivity contribution in [3.8, 4) is 0 Å². The normalized spacial score (nSPS) is 11.1. The Balaban J connectivity index is 2.67. The summed E-state index contributed by atoms with van der Waals surface area (Å²) >= 11 is 0. The summed E-state index contributed by atoms with van der Waals surface area (Å²) in [7, 11) is -0.574. The molecular weight excluding hydrogens is 270 g/mol. The number of aryl methyl sites for hydroxylation is 1. The minimum Gasteiger partial charge on any atom is -0.465 e. The van der Waals surface area contributed by atoms with Crippen molar-refractivity contribution in [1.82, 2.24) is 9.71 Å². The van der Waals surface area contributed by atoms with Gasteiger partial charge in [0.05, 0.1) is 24.1 Å². The number of hydrogen-bond acceptors (Lipinski definition) is 6. The summed E-state index contributed by atoms with van der Waals surface area (Å²) in [6.45, 7) is 1.91. The molecule has 0 radical (unpaired) electrons. The second-order valence-electron chi connectivity index (χ2n) is 3.77. The molecule has 8 heteroatoms. The van der Waals surface area contributed by atoms with Gasteiger partial charge in [0.2, 0.25) is 10.0 Å². The van der Waals surface area contributed by atoms with Gasteiger partial charge >= 0.3 is 5.97 Å². The number of rotatable bonds is 6. The second kappa shape index (κ2) is 6.48. The fourth-order valence-electron chi connectivity index (χ4n) is 1.40. The first kappa shape index (κ1) is 15.4. The van der Waals surface area contributed by atoms with Crippen molar-refractivity contribution in [2.75, 3.05) is 31.8 Å². The summed E-state index contributed by atoms with van der Waals surface area (Å²) in [5, 5.41) is 2.88. The SMILES string of the molecule is CNS(=O)(=O)CCNc1ccc(C(=O)OC)c(C)n1. The number of pyridine rings is 1. The highest BCUT2D eigenvalue weighted by molar-refractivity contribution is 7.89. The summed E-state index contributed by atoms with van der Waals surface area (Å²) in [6, 6.07) is 3.19. The maximum atomic E-state index is 11.4. The summed E-state index contributed by atoms with van der Waals surface area (Å²) in [4.78, 5) is 15.5. The van der Waals surface area contributed by atoms with E-state index in [9.17, 15) is 13.2 Å². The fraction of sp³-hybridized carbons (Fsp3) is 0.455. The van der Waals surface area contributed by atoms with E-state index in [0.717, 1.165) is 0 Å². The minimum absolute atomic E-state index is 0.0526. The average Bonchev–Trinajstić information content (AvgIpc) is 2.38. The highest BCUT2D eigenvalue weighted by Gasteiger charge is 2.11. The molecule has 0 aliphatic carbocycles. The topological polar surface area (TPSA) is 97.4 Å². The predicted octanol–water partition coefficient (Wildman–Crippen LogP) is 0.138. The lowest BCUT2D eigenvalue weighted by Gasteiger charge is -2.08. The number of anilines is 1. The van der Waals surface area contributed by atoms with Gasteiger partial charge in [-0.1, -0.05) is 0 Å². The Bertz CT molecular complexity index is 557. The first-order chi connectivity index (χ1) is 8.89. The largest absolute Gasteiger partial charge is 0.465 e. The number of methoxy groups -OCH3 is 1. The number of esters is 1. The number of ether oxygens (including phenoxy) is 1. The molecule has 0 unspecified atom stereocenters. The van der Waals surface area contributed by atoms with Crippen molar-refractivity contribution in [1.29, 1.82) is 0 Å². The maximum absolute atomic E-state index is 11.4. The van der Waals surface area contributed by atoms with Crippen molar-refractivity contribution < 1.29 is 17.9 Å². The molecule has 0 bridgehead atoms. The Morgan fingerprint density at radius 2 is 2.11 bits per heavy atom. The number of aromatic nitrogens is 1. The molecule has 0 saturated carbocycles. The first-order valence-corrected chi connectivity index (χ1v) is 7.26. The quantitative estimate of drug-likeness (QED) is 0.722. The van der Waals surface area contributed by atoms with E-state index in [1.807, 2.05) is 0 Å². The lowest BCUT2D eigenvalue weighted by Crippen LogP contribution is -2.26. The van der Waals surface area contributed by atoms with Crippen molar-refractivity contribution in [3.05, 3.63) is 23.4 Å². The Kier molecular flexibility index (Phi) is 5.25. The third kappa shape index (κ3) is 4.49. The molecule has 0 spiro atoms. The summed E-state index contributed by atoms with van der Waals surface area (Å²) in [5.41, 5.74) is 0.907. The molecule has 1 heterocycles. The number of carbonyl (C=O) groups is 1. The lowest BCUT2D eigenvalue weighted by atomic mass is 10.2. The van der Waals surface area contributed by atoms with Crippen molar-refractivity contribution in [2.24, 2.45) is 0 Å². The van der Waals surface area contributed by atoms with Crippen LogP contribution in [0, 0.1) is 6.92 Å². The van der Waals surface area contributed by atoms with Gasteiger partial charge in [-0.05, 0) is 26.1 Å². The first-order valence-electron chi connectivity index (χ1n) is 5.60. The number of hydrogen-bond donors (Lipinski definition) is 2. The zero-order valence-electron chi connectivity index (χ0n) is 11.1. The van der Waals surface area contributed by atoms with Crippen LogP contribution in [-0.4, -0.2) is 45.8 Å². The zero-order chi connectivity index (χ0) is 14.5. The Labute approximate surface area is 112 Å². The van der Waals surface area contributed by atoms with E-state index in [0.29, 0.717) is 17.1 Å². The monoisotopic (exact) mass is 287 g/mol. The molecule has 1 aromatic heterocycles. The zero-order valence-corrected chi connectivity index (χ0v) is 11.9. The van der Waals surface area contributed by atoms with E-state index in [4.69, 9.17) is 0 Å². The molecule has 2 N–H and O–H groups in total. The van der Waals surface area contributed by atoms with Gasteiger partial charge in [-0.15, -0.1) is 0 Å². The Morgan fingerprint density at radius 1 is 1.42 bits per heavy atom. The fourth-order valence-corrected chi connectivity index (χ4v) is 1.98. The minimum atomic E-state index is -3.24. The van der Waals surface area contributed by atoms with Crippen LogP contribution < -0.4 is 10.0 Å². The number of nitrogens with one attached hydrogen (secondary N) is 2. The highest BCUT2D eigenvalue weighted by Crippen LogP contribution is 2.11. The standard InChI is InChI=1S/C11H17N3O4S/c1-8-9(11(15)18-3)4-5-10(14-8)13-6-7-19(16,17)12-2/h4-5,12H,6-7H2,1-3H3,(H,13,14). The van der Waals surface area contributed by atoms with Crippen LogP contribution in [0.1, 0.15) is 16.1 Å². The van der Waals surface area contributed by atoms with Crippen LogP contribution in [0.2, 0.25) is 0 Å². The van der Waals surface area contributed by atoms with Crippen molar-refractivity contribution in [3.63, 3.8) is 0 Å². The van der Waals surface area contributed by atoms with Crippen LogP contribution >= 0.6 is 0 Å². The smallest absolute Gasteiger partial charge is 0.339 e. The molecule has 0 fully saturated rings. The van der Waals surface area contributed by atoms with Gasteiger partial charge in [-0.3, -0.25) is 0 Å². The van der Waals surface area contributed by atoms with Crippen LogP contribution in [0.25, 0.3) is 0 Å². The van der Waals surface area contributed by atoms with Gasteiger partial charge < -0.3 is 10.1 Å². The third-order valence-electron chi connectivity index (χ3n) is 2.48. The molecule has 0 saturated heterocycles. The molecule has 0 aliphatic heterocycles.